The van der Waals surface area contributed by atoms with Crippen LogP contribution in [-0.2, 0) is 16.1 Å². The van der Waals surface area contributed by atoms with E-state index in [2.05, 4.69) is 10.4 Å². The Hall–Kier alpha value is -2.05. The molecule has 0 spiro atoms. The molecule has 0 aliphatic heterocycles. The van der Waals surface area contributed by atoms with Gasteiger partial charge in [0.25, 0.3) is 0 Å². The summed E-state index contributed by atoms with van der Waals surface area (Å²) in [6.07, 6.45) is 0. The number of nitrogens with zero attached hydrogens (tertiary/aromatic N) is 2. The van der Waals surface area contributed by atoms with Crippen LogP contribution < -0.4 is 5.32 Å². The van der Waals surface area contributed by atoms with E-state index in [1.165, 1.54) is 0 Å². The predicted octanol–water partition coefficient (Wildman–Crippen LogP) is 2.88. The minimum Gasteiger partial charge on any atom is -0.474 e. The van der Waals surface area contributed by atoms with E-state index in [1.807, 2.05) is 0 Å². The number of aromatic nitrogens is 2. The lowest BCUT2D eigenvalue weighted by Crippen LogP contribution is -2.22. The fourth-order valence-corrected chi connectivity index (χ4v) is 2.55. The van der Waals surface area contributed by atoms with Crippen molar-refractivity contribution in [3.63, 3.8) is 0 Å². The normalized spacial score (nSPS) is 10.5. The van der Waals surface area contributed by atoms with Gasteiger partial charge in [-0.25, -0.2) is 4.79 Å². The number of amides is 1. The second-order valence-electron chi connectivity index (χ2n) is 4.66. The van der Waals surface area contributed by atoms with E-state index >= 15 is 0 Å². The largest absolute Gasteiger partial charge is 0.474 e. The van der Waals surface area contributed by atoms with Gasteiger partial charge >= 0.3 is 11.9 Å². The summed E-state index contributed by atoms with van der Waals surface area (Å²) in [4.78, 5) is 21.9. The Kier molecular flexibility index (Phi) is 4.73. The van der Waals surface area contributed by atoms with Gasteiger partial charge in [0.1, 0.15) is 0 Å². The Morgan fingerprint density at radius 3 is 2.41 bits per heavy atom. The fraction of sp³-hybridized carbons (Fsp3) is 0.214. The van der Waals surface area contributed by atoms with Gasteiger partial charge in [-0.1, -0.05) is 29.3 Å². The number of halogens is 2. The SMILES string of the molecule is Cc1nn(Cc2c(Cl)cccc2Cl)c(C)c1NC(=O)C(=O)O. The molecule has 1 aromatic heterocycles. The second kappa shape index (κ2) is 6.37. The molecule has 116 valence electrons. The lowest BCUT2D eigenvalue weighted by molar-refractivity contribution is -0.147. The van der Waals surface area contributed by atoms with Gasteiger partial charge in [-0.3, -0.25) is 9.48 Å². The van der Waals surface area contributed by atoms with E-state index in [0.29, 0.717) is 39.2 Å². The van der Waals surface area contributed by atoms with Gasteiger partial charge in [0.15, 0.2) is 0 Å². The van der Waals surface area contributed by atoms with Gasteiger partial charge in [-0.05, 0) is 26.0 Å². The first-order chi connectivity index (χ1) is 10.3. The maximum atomic E-state index is 11.3. The molecule has 6 nitrogen and oxygen atoms in total. The topological polar surface area (TPSA) is 84.2 Å². The lowest BCUT2D eigenvalue weighted by Gasteiger charge is -2.09. The number of hydrogen-bond donors (Lipinski definition) is 2. The second-order valence-corrected chi connectivity index (χ2v) is 5.48. The van der Waals surface area contributed by atoms with Gasteiger partial charge in [-0.15, -0.1) is 0 Å². The van der Waals surface area contributed by atoms with E-state index in [0.717, 1.165) is 0 Å². The third-order valence-corrected chi connectivity index (χ3v) is 3.89. The number of anilines is 1. The Morgan fingerprint density at radius 1 is 1.27 bits per heavy atom. The molecule has 1 aromatic carbocycles. The third-order valence-electron chi connectivity index (χ3n) is 3.18. The molecule has 1 amide bonds. The number of rotatable bonds is 3. The number of carboxylic acid groups (broad SMARTS) is 1. The summed E-state index contributed by atoms with van der Waals surface area (Å²) in [6.45, 7) is 3.71. The van der Waals surface area contributed by atoms with Crippen molar-refractivity contribution in [2.24, 2.45) is 0 Å². The standard InChI is InChI=1S/C14H13Cl2N3O3/c1-7-12(17-13(20)14(21)22)8(2)19(18-7)6-9-10(15)4-3-5-11(9)16/h3-5H,6H2,1-2H3,(H,17,20)(H,21,22). The van der Waals surface area contributed by atoms with Crippen LogP contribution in [0.4, 0.5) is 5.69 Å². The highest BCUT2D eigenvalue weighted by Gasteiger charge is 2.19. The number of benzene rings is 1. The zero-order valence-corrected chi connectivity index (χ0v) is 13.4. The molecule has 2 rings (SSSR count). The van der Waals surface area contributed by atoms with Crippen LogP contribution >= 0.6 is 23.2 Å². The van der Waals surface area contributed by atoms with Crippen molar-refractivity contribution in [3.8, 4) is 0 Å². The molecule has 0 radical (unpaired) electrons. The Labute approximate surface area is 136 Å². The zero-order chi connectivity index (χ0) is 16.4. The molecule has 0 aliphatic carbocycles. The molecule has 1 heterocycles. The molecule has 0 unspecified atom stereocenters. The van der Waals surface area contributed by atoms with Crippen LogP contribution in [-0.4, -0.2) is 26.8 Å². The highest BCUT2D eigenvalue weighted by atomic mass is 35.5. The van der Waals surface area contributed by atoms with Crippen LogP contribution in [0, 0.1) is 13.8 Å². The van der Waals surface area contributed by atoms with Crippen molar-refractivity contribution in [2.75, 3.05) is 5.32 Å². The van der Waals surface area contributed by atoms with Crippen molar-refractivity contribution in [1.29, 1.82) is 0 Å². The molecule has 2 aromatic rings. The van der Waals surface area contributed by atoms with Gasteiger partial charge in [0, 0.05) is 15.6 Å². The van der Waals surface area contributed by atoms with Crippen molar-refractivity contribution in [1.82, 2.24) is 9.78 Å². The molecule has 8 heteroatoms. The van der Waals surface area contributed by atoms with E-state index in [4.69, 9.17) is 28.3 Å². The minimum atomic E-state index is -1.55. The van der Waals surface area contributed by atoms with Crippen LogP contribution in [0.2, 0.25) is 10.0 Å². The van der Waals surface area contributed by atoms with Crippen LogP contribution in [0.5, 0.6) is 0 Å². The maximum absolute atomic E-state index is 11.3. The molecule has 0 saturated heterocycles. The number of hydrogen-bond acceptors (Lipinski definition) is 3. The number of carbonyl (C=O) groups is 2. The summed E-state index contributed by atoms with van der Waals surface area (Å²) in [7, 11) is 0. The molecule has 2 N–H and O–H groups in total. The van der Waals surface area contributed by atoms with Crippen LogP contribution in [0.1, 0.15) is 17.0 Å². The van der Waals surface area contributed by atoms with Crippen molar-refractivity contribution < 1.29 is 14.7 Å². The first-order valence-electron chi connectivity index (χ1n) is 6.32. The first-order valence-corrected chi connectivity index (χ1v) is 7.08. The van der Waals surface area contributed by atoms with Gasteiger partial charge < -0.3 is 10.4 Å². The highest BCUT2D eigenvalue weighted by molar-refractivity contribution is 6.36. The van der Waals surface area contributed by atoms with Crippen LogP contribution in [0.3, 0.4) is 0 Å². The van der Waals surface area contributed by atoms with Crippen LogP contribution in [0.15, 0.2) is 18.2 Å². The summed E-state index contributed by atoms with van der Waals surface area (Å²) in [5.41, 5.74) is 2.20. The van der Waals surface area contributed by atoms with E-state index in [9.17, 15) is 9.59 Å². The quantitative estimate of drug-likeness (QED) is 0.840. The summed E-state index contributed by atoms with van der Waals surface area (Å²) >= 11 is 12.3. The van der Waals surface area contributed by atoms with E-state index in [1.54, 1.807) is 36.7 Å². The van der Waals surface area contributed by atoms with Crippen molar-refractivity contribution in [2.45, 2.75) is 20.4 Å². The lowest BCUT2D eigenvalue weighted by atomic mass is 10.2. The van der Waals surface area contributed by atoms with Gasteiger partial charge in [-0.2, -0.15) is 5.10 Å². The third kappa shape index (κ3) is 3.23. The van der Waals surface area contributed by atoms with Crippen molar-refractivity contribution >= 4 is 40.8 Å². The number of aliphatic carboxylic acids is 1. The highest BCUT2D eigenvalue weighted by Crippen LogP contribution is 2.27. The summed E-state index contributed by atoms with van der Waals surface area (Å²) in [6, 6.07) is 5.19. The first kappa shape index (κ1) is 16.3. The summed E-state index contributed by atoms with van der Waals surface area (Å²) < 4.78 is 1.61. The number of nitrogens with one attached hydrogen (secondary N) is 1. The van der Waals surface area contributed by atoms with Gasteiger partial charge in [0.05, 0.1) is 23.6 Å². The molecule has 0 bridgehead atoms. The zero-order valence-electron chi connectivity index (χ0n) is 11.9. The molecule has 0 fully saturated rings. The average Bonchev–Trinajstić information content (AvgIpc) is 2.70. The maximum Gasteiger partial charge on any atom is 0.394 e. The Morgan fingerprint density at radius 2 is 1.86 bits per heavy atom. The average molecular weight is 342 g/mol. The summed E-state index contributed by atoms with van der Waals surface area (Å²) in [5, 5.41) is 16.3. The molecule has 0 saturated carbocycles. The van der Waals surface area contributed by atoms with Crippen LogP contribution in [0.25, 0.3) is 0 Å². The monoisotopic (exact) mass is 341 g/mol. The summed E-state index contributed by atoms with van der Waals surface area (Å²) in [5.74, 6) is -2.66. The minimum absolute atomic E-state index is 0.314. The number of carboxylic acids is 1. The number of aryl methyl sites for hydroxylation is 1. The predicted molar refractivity (Wildman–Crippen MR) is 83.5 cm³/mol. The van der Waals surface area contributed by atoms with E-state index < -0.39 is 11.9 Å². The smallest absolute Gasteiger partial charge is 0.394 e. The molecule has 22 heavy (non-hydrogen) atoms. The molecule has 0 atom stereocenters. The van der Waals surface area contributed by atoms with Crippen molar-refractivity contribution in [3.05, 3.63) is 45.2 Å². The molecular formula is C14H13Cl2N3O3. The Bertz CT molecular complexity index is 736. The molecule has 0 aliphatic rings. The molecular weight excluding hydrogens is 329 g/mol. The fourth-order valence-electron chi connectivity index (χ4n) is 2.03. The van der Waals surface area contributed by atoms with Gasteiger partial charge in [0.2, 0.25) is 0 Å². The Balaban J connectivity index is 2.34. The van der Waals surface area contributed by atoms with E-state index in [-0.39, 0.29) is 0 Å². The number of carbonyl (C=O) groups excluding carboxylic acids is 1.